The smallest absolute Gasteiger partial charge is 0.244 e. The number of phenols is 1. The molecule has 0 saturated heterocycles. The highest BCUT2D eigenvalue weighted by Crippen LogP contribution is 2.29. The number of sulfonamides is 1. The van der Waals surface area contributed by atoms with Gasteiger partial charge in [0, 0.05) is 11.6 Å². The number of carbonyl (C=O) groups is 1. The number of rotatable bonds is 4. The lowest BCUT2D eigenvalue weighted by Gasteiger charge is -2.26. The minimum atomic E-state index is -3.79. The van der Waals surface area contributed by atoms with Crippen LogP contribution in [0.3, 0.4) is 0 Å². The molecular weight excluding hydrogens is 292 g/mol. The van der Waals surface area contributed by atoms with Crippen LogP contribution < -0.4 is 10.0 Å². The summed E-state index contributed by atoms with van der Waals surface area (Å²) in [6, 6.07) is 3.92. The van der Waals surface area contributed by atoms with Crippen molar-refractivity contribution in [2.75, 3.05) is 12.4 Å². The van der Waals surface area contributed by atoms with Crippen molar-refractivity contribution < 1.29 is 18.3 Å². The maximum absolute atomic E-state index is 12.1. The van der Waals surface area contributed by atoms with Crippen molar-refractivity contribution in [2.24, 2.45) is 11.3 Å². The zero-order valence-electron chi connectivity index (χ0n) is 12.9. The van der Waals surface area contributed by atoms with Crippen LogP contribution in [0.15, 0.2) is 23.1 Å². The zero-order chi connectivity index (χ0) is 16.4. The van der Waals surface area contributed by atoms with Gasteiger partial charge in [-0.05, 0) is 30.7 Å². The molecule has 0 unspecified atom stereocenters. The van der Waals surface area contributed by atoms with Gasteiger partial charge >= 0.3 is 0 Å². The number of nitrogens with one attached hydrogen (secondary N) is 2. The minimum Gasteiger partial charge on any atom is -0.507 e. The van der Waals surface area contributed by atoms with Crippen molar-refractivity contribution in [1.29, 1.82) is 0 Å². The van der Waals surface area contributed by atoms with Crippen LogP contribution in [-0.4, -0.2) is 26.5 Å². The molecule has 0 aliphatic rings. The molecule has 0 heterocycles. The van der Waals surface area contributed by atoms with Crippen molar-refractivity contribution in [1.82, 2.24) is 4.72 Å². The van der Waals surface area contributed by atoms with E-state index in [0.29, 0.717) is 5.69 Å². The van der Waals surface area contributed by atoms with Gasteiger partial charge in [0.15, 0.2) is 0 Å². The highest BCUT2D eigenvalue weighted by atomic mass is 32.2. The molecule has 0 bridgehead atoms. The summed E-state index contributed by atoms with van der Waals surface area (Å²) in [7, 11) is -2.54. The van der Waals surface area contributed by atoms with E-state index in [1.807, 2.05) is 20.8 Å². The van der Waals surface area contributed by atoms with Crippen LogP contribution in [0, 0.1) is 11.3 Å². The summed E-state index contributed by atoms with van der Waals surface area (Å²) in [5.74, 6) is -0.831. The Morgan fingerprint density at radius 2 is 1.86 bits per heavy atom. The first-order valence-corrected chi connectivity index (χ1v) is 8.05. The SMILES string of the molecule is CNS(=O)(=O)c1cc(NC(=O)[C@H](C)C(C)(C)C)ccc1O. The summed E-state index contributed by atoms with van der Waals surface area (Å²) in [6.45, 7) is 7.65. The maximum atomic E-state index is 12.1. The third-order valence-electron chi connectivity index (χ3n) is 3.48. The second-order valence-electron chi connectivity index (χ2n) is 5.97. The van der Waals surface area contributed by atoms with Gasteiger partial charge in [0.05, 0.1) is 0 Å². The fraction of sp³-hybridized carbons (Fsp3) is 0.500. The molecule has 1 aromatic rings. The molecule has 0 spiro atoms. The predicted molar refractivity (Wildman–Crippen MR) is 81.6 cm³/mol. The summed E-state index contributed by atoms with van der Waals surface area (Å²) in [5, 5.41) is 12.3. The van der Waals surface area contributed by atoms with Crippen molar-refractivity contribution in [3.05, 3.63) is 18.2 Å². The number of amides is 1. The molecule has 1 atom stereocenters. The fourth-order valence-electron chi connectivity index (χ4n) is 1.56. The van der Waals surface area contributed by atoms with Crippen LogP contribution in [0.25, 0.3) is 0 Å². The summed E-state index contributed by atoms with van der Waals surface area (Å²) >= 11 is 0. The number of carbonyl (C=O) groups excluding carboxylic acids is 1. The third-order valence-corrected chi connectivity index (χ3v) is 4.92. The first-order valence-electron chi connectivity index (χ1n) is 6.56. The van der Waals surface area contributed by atoms with Gasteiger partial charge in [0.1, 0.15) is 10.6 Å². The van der Waals surface area contributed by atoms with E-state index in [-0.39, 0.29) is 27.9 Å². The van der Waals surface area contributed by atoms with Gasteiger partial charge in [-0.25, -0.2) is 13.1 Å². The van der Waals surface area contributed by atoms with Crippen LogP contribution >= 0.6 is 0 Å². The van der Waals surface area contributed by atoms with Gasteiger partial charge in [-0.3, -0.25) is 4.79 Å². The highest BCUT2D eigenvalue weighted by molar-refractivity contribution is 7.89. The lowest BCUT2D eigenvalue weighted by molar-refractivity contribution is -0.122. The van der Waals surface area contributed by atoms with Gasteiger partial charge in [-0.1, -0.05) is 27.7 Å². The lowest BCUT2D eigenvalue weighted by atomic mass is 9.81. The maximum Gasteiger partial charge on any atom is 0.244 e. The van der Waals surface area contributed by atoms with E-state index in [0.717, 1.165) is 0 Å². The van der Waals surface area contributed by atoms with E-state index in [4.69, 9.17) is 0 Å². The molecule has 1 aromatic carbocycles. The predicted octanol–water partition coefficient (Wildman–Crippen LogP) is 1.92. The molecule has 1 rings (SSSR count). The number of benzene rings is 1. The average molecular weight is 314 g/mol. The molecule has 1 amide bonds. The number of aromatic hydroxyl groups is 1. The summed E-state index contributed by atoms with van der Waals surface area (Å²) in [6.07, 6.45) is 0. The Balaban J connectivity index is 3.08. The third kappa shape index (κ3) is 4.18. The fourth-order valence-corrected chi connectivity index (χ4v) is 2.41. The number of hydrogen-bond donors (Lipinski definition) is 3. The monoisotopic (exact) mass is 314 g/mol. The van der Waals surface area contributed by atoms with Crippen LogP contribution in [0.2, 0.25) is 0 Å². The molecule has 0 fully saturated rings. The molecular formula is C14H22N2O4S. The molecule has 0 aliphatic carbocycles. The van der Waals surface area contributed by atoms with Crippen LogP contribution in [-0.2, 0) is 14.8 Å². The van der Waals surface area contributed by atoms with E-state index in [9.17, 15) is 18.3 Å². The quantitative estimate of drug-likeness (QED) is 0.740. The second kappa shape index (κ2) is 6.03. The average Bonchev–Trinajstić information content (AvgIpc) is 2.38. The topological polar surface area (TPSA) is 95.5 Å². The van der Waals surface area contributed by atoms with E-state index in [1.54, 1.807) is 6.92 Å². The van der Waals surface area contributed by atoms with Crippen molar-refractivity contribution in [2.45, 2.75) is 32.6 Å². The Kier molecular flexibility index (Phi) is 5.01. The molecule has 6 nitrogen and oxygen atoms in total. The highest BCUT2D eigenvalue weighted by Gasteiger charge is 2.27. The van der Waals surface area contributed by atoms with Gasteiger partial charge in [0.25, 0.3) is 0 Å². The van der Waals surface area contributed by atoms with Crippen LogP contribution in [0.4, 0.5) is 5.69 Å². The van der Waals surface area contributed by atoms with Crippen molar-refractivity contribution in [3.63, 3.8) is 0 Å². The van der Waals surface area contributed by atoms with E-state index in [2.05, 4.69) is 10.0 Å². The molecule has 118 valence electrons. The molecule has 0 aromatic heterocycles. The number of anilines is 1. The summed E-state index contributed by atoms with van der Waals surface area (Å²) in [5.41, 5.74) is 0.115. The second-order valence-corrected chi connectivity index (χ2v) is 7.82. The van der Waals surface area contributed by atoms with Gasteiger partial charge in [-0.2, -0.15) is 0 Å². The Morgan fingerprint density at radius 1 is 1.29 bits per heavy atom. The first kappa shape index (κ1) is 17.5. The van der Waals surface area contributed by atoms with Crippen LogP contribution in [0.1, 0.15) is 27.7 Å². The summed E-state index contributed by atoms with van der Waals surface area (Å²) in [4.78, 5) is 11.9. The first-order chi connectivity index (χ1) is 9.49. The Morgan fingerprint density at radius 3 is 2.33 bits per heavy atom. The normalized spacial score (nSPS) is 13.8. The zero-order valence-corrected chi connectivity index (χ0v) is 13.7. The molecule has 7 heteroatoms. The van der Waals surface area contributed by atoms with Gasteiger partial charge < -0.3 is 10.4 Å². The van der Waals surface area contributed by atoms with Crippen molar-refractivity contribution >= 4 is 21.6 Å². The molecule has 0 saturated carbocycles. The Labute approximate surface area is 125 Å². The molecule has 0 aliphatic heterocycles. The van der Waals surface area contributed by atoms with Gasteiger partial charge in [0.2, 0.25) is 15.9 Å². The minimum absolute atomic E-state index is 0.207. The standard InChI is InChI=1S/C14H22N2O4S/c1-9(14(2,3)4)13(18)16-10-6-7-11(17)12(8-10)21(19,20)15-5/h6-9,15,17H,1-5H3,(H,16,18)/t9-/m0/s1. The van der Waals surface area contributed by atoms with E-state index >= 15 is 0 Å². The molecule has 3 N–H and O–H groups in total. The van der Waals surface area contributed by atoms with Gasteiger partial charge in [-0.15, -0.1) is 0 Å². The molecule has 0 radical (unpaired) electrons. The van der Waals surface area contributed by atoms with E-state index < -0.39 is 10.0 Å². The molecule has 21 heavy (non-hydrogen) atoms. The van der Waals surface area contributed by atoms with E-state index in [1.165, 1.54) is 25.2 Å². The number of phenolic OH excluding ortho intramolecular Hbond substituents is 1. The largest absolute Gasteiger partial charge is 0.507 e. The number of hydrogen-bond acceptors (Lipinski definition) is 4. The van der Waals surface area contributed by atoms with Crippen LogP contribution in [0.5, 0.6) is 5.75 Å². The Bertz CT molecular complexity index is 633. The summed E-state index contributed by atoms with van der Waals surface area (Å²) < 4.78 is 25.7. The lowest BCUT2D eigenvalue weighted by Crippen LogP contribution is -2.30. The Hall–Kier alpha value is -1.60. The van der Waals surface area contributed by atoms with Crippen molar-refractivity contribution in [3.8, 4) is 5.75 Å².